The van der Waals surface area contributed by atoms with Crippen molar-refractivity contribution in [2.24, 2.45) is 0 Å². The molecule has 8 heteroatoms. The Kier molecular flexibility index (Phi) is 5.16. The summed E-state index contributed by atoms with van der Waals surface area (Å²) in [6, 6.07) is 2.90. The number of carbonyl (C=O) groups excluding carboxylic acids is 1. The van der Waals surface area contributed by atoms with Crippen LogP contribution in [-0.4, -0.2) is 14.3 Å². The van der Waals surface area contributed by atoms with Crippen molar-refractivity contribution >= 4 is 15.9 Å². The summed E-state index contributed by atoms with van der Waals surface area (Å²) < 4.78 is 62.5. The van der Waals surface area contributed by atoms with Crippen LogP contribution in [0.1, 0.15) is 25.3 Å². The first-order valence-corrected chi connectivity index (χ1v) is 7.38. The van der Waals surface area contributed by atoms with Crippen LogP contribution in [0, 0.1) is 0 Å². The zero-order valence-corrected chi connectivity index (χ0v) is 12.0. The van der Waals surface area contributed by atoms with Gasteiger partial charge in [0.15, 0.2) is 0 Å². The third-order valence-electron chi connectivity index (χ3n) is 2.52. The maximum atomic E-state index is 12.4. The van der Waals surface area contributed by atoms with E-state index in [1.54, 1.807) is 11.6 Å². The average molecular weight is 321 g/mol. The molecule has 0 fully saturated rings. The maximum Gasteiger partial charge on any atom is 0.416 e. The van der Waals surface area contributed by atoms with Crippen molar-refractivity contribution in [1.82, 2.24) is 4.72 Å². The van der Waals surface area contributed by atoms with Gasteiger partial charge in [0.2, 0.25) is 5.91 Å². The Balaban J connectivity index is 2.84. The summed E-state index contributed by atoms with van der Waals surface area (Å²) in [6.45, 7) is 5.27. The highest BCUT2D eigenvalue weighted by Gasteiger charge is 2.30. The minimum atomic E-state index is -4.55. The van der Waals surface area contributed by atoms with Crippen molar-refractivity contribution in [3.05, 3.63) is 42.0 Å². The molecule has 0 aromatic heterocycles. The van der Waals surface area contributed by atoms with Gasteiger partial charge in [0.25, 0.3) is 10.0 Å². The first-order valence-electron chi connectivity index (χ1n) is 5.89. The number of carbonyl (C=O) groups is 1. The average Bonchev–Trinajstić information content (AvgIpc) is 2.35. The minimum absolute atomic E-state index is 0.0603. The minimum Gasteiger partial charge on any atom is -0.274 e. The normalized spacial score (nSPS) is 12.0. The fraction of sp³-hybridized carbons (Fsp3) is 0.308. The van der Waals surface area contributed by atoms with Crippen LogP contribution in [0.2, 0.25) is 0 Å². The van der Waals surface area contributed by atoms with E-state index < -0.39 is 32.6 Å². The first kappa shape index (κ1) is 17.2. The molecule has 0 unspecified atom stereocenters. The van der Waals surface area contributed by atoms with Gasteiger partial charge in [-0.3, -0.25) is 4.79 Å². The Bertz CT molecular complexity index is 634. The van der Waals surface area contributed by atoms with Gasteiger partial charge in [-0.1, -0.05) is 5.57 Å². The highest BCUT2D eigenvalue weighted by molar-refractivity contribution is 7.90. The molecule has 0 atom stereocenters. The van der Waals surface area contributed by atoms with Gasteiger partial charge in [0.05, 0.1) is 10.5 Å². The number of rotatable bonds is 5. The molecule has 0 bridgehead atoms. The van der Waals surface area contributed by atoms with Gasteiger partial charge >= 0.3 is 6.18 Å². The number of benzene rings is 1. The molecule has 0 saturated carbocycles. The lowest BCUT2D eigenvalue weighted by Gasteiger charge is -2.09. The number of hydrogen-bond acceptors (Lipinski definition) is 3. The van der Waals surface area contributed by atoms with Gasteiger partial charge in [0.1, 0.15) is 0 Å². The quantitative estimate of drug-likeness (QED) is 0.848. The second kappa shape index (κ2) is 6.30. The molecule has 0 saturated heterocycles. The van der Waals surface area contributed by atoms with Gasteiger partial charge in [-0.25, -0.2) is 13.1 Å². The number of allylic oxidation sites excluding steroid dienone is 1. The van der Waals surface area contributed by atoms with E-state index in [0.717, 1.165) is 17.7 Å². The summed E-state index contributed by atoms with van der Waals surface area (Å²) in [5.41, 5.74) is -0.243. The Morgan fingerprint density at radius 3 is 2.14 bits per heavy atom. The molecule has 0 radical (unpaired) electrons. The molecule has 0 aliphatic carbocycles. The lowest BCUT2D eigenvalue weighted by atomic mass is 10.2. The second-order valence-electron chi connectivity index (χ2n) is 4.51. The Labute approximate surface area is 120 Å². The number of alkyl halides is 3. The van der Waals surface area contributed by atoms with E-state index in [1.807, 2.05) is 0 Å². The molecule has 1 aromatic rings. The SMILES string of the molecule is C=C(C)CCC(=O)NS(=O)(=O)c1ccc(C(F)(F)F)cc1. The second-order valence-corrected chi connectivity index (χ2v) is 6.19. The van der Waals surface area contributed by atoms with E-state index in [4.69, 9.17) is 0 Å². The fourth-order valence-corrected chi connectivity index (χ4v) is 2.42. The summed E-state index contributed by atoms with van der Waals surface area (Å²) in [4.78, 5) is 11.0. The molecule has 1 amide bonds. The predicted octanol–water partition coefficient (Wildman–Crippen LogP) is 2.87. The molecule has 0 aliphatic rings. The van der Waals surface area contributed by atoms with Crippen molar-refractivity contribution in [2.45, 2.75) is 30.8 Å². The number of halogens is 3. The summed E-state index contributed by atoms with van der Waals surface area (Å²) in [6.07, 6.45) is -4.28. The number of hydrogen-bond donors (Lipinski definition) is 1. The Morgan fingerprint density at radius 2 is 1.71 bits per heavy atom. The predicted molar refractivity (Wildman–Crippen MR) is 70.8 cm³/mol. The molecular formula is C13H14F3NO3S. The molecule has 0 aliphatic heterocycles. The van der Waals surface area contributed by atoms with Gasteiger partial charge in [-0.15, -0.1) is 6.58 Å². The van der Waals surface area contributed by atoms with Crippen LogP contribution in [0.15, 0.2) is 41.3 Å². The molecule has 116 valence electrons. The van der Waals surface area contributed by atoms with E-state index in [-0.39, 0.29) is 6.42 Å². The van der Waals surface area contributed by atoms with Crippen LogP contribution < -0.4 is 4.72 Å². The summed E-state index contributed by atoms with van der Waals surface area (Å²) in [5, 5.41) is 0. The fourth-order valence-electron chi connectivity index (χ4n) is 1.41. The van der Waals surface area contributed by atoms with E-state index in [2.05, 4.69) is 6.58 Å². The van der Waals surface area contributed by atoms with Crippen molar-refractivity contribution in [3.63, 3.8) is 0 Å². The van der Waals surface area contributed by atoms with Crippen LogP contribution in [0.5, 0.6) is 0 Å². The summed E-state index contributed by atoms with van der Waals surface area (Å²) >= 11 is 0. The summed E-state index contributed by atoms with van der Waals surface area (Å²) in [5.74, 6) is -0.738. The van der Waals surface area contributed by atoms with Crippen LogP contribution in [0.3, 0.4) is 0 Å². The zero-order chi connectivity index (χ0) is 16.3. The Hall–Kier alpha value is -1.83. The lowest BCUT2D eigenvalue weighted by molar-refractivity contribution is -0.137. The molecule has 1 N–H and O–H groups in total. The number of sulfonamides is 1. The van der Waals surface area contributed by atoms with Gasteiger partial charge < -0.3 is 0 Å². The van der Waals surface area contributed by atoms with E-state index in [0.29, 0.717) is 18.6 Å². The number of amides is 1. The molecule has 0 spiro atoms. The molecule has 1 aromatic carbocycles. The highest BCUT2D eigenvalue weighted by Crippen LogP contribution is 2.29. The van der Waals surface area contributed by atoms with Crippen molar-refractivity contribution < 1.29 is 26.4 Å². The van der Waals surface area contributed by atoms with E-state index in [1.165, 1.54) is 0 Å². The van der Waals surface area contributed by atoms with E-state index in [9.17, 15) is 26.4 Å². The zero-order valence-electron chi connectivity index (χ0n) is 11.2. The molecule has 4 nitrogen and oxygen atoms in total. The maximum absolute atomic E-state index is 12.4. The van der Waals surface area contributed by atoms with Crippen LogP contribution in [0.25, 0.3) is 0 Å². The number of nitrogens with one attached hydrogen (secondary N) is 1. The van der Waals surface area contributed by atoms with E-state index >= 15 is 0 Å². The van der Waals surface area contributed by atoms with Crippen molar-refractivity contribution in [2.75, 3.05) is 0 Å². The Morgan fingerprint density at radius 1 is 1.19 bits per heavy atom. The van der Waals surface area contributed by atoms with Gasteiger partial charge in [-0.2, -0.15) is 13.2 Å². The van der Waals surface area contributed by atoms with Crippen LogP contribution >= 0.6 is 0 Å². The monoisotopic (exact) mass is 321 g/mol. The molecule has 0 heterocycles. The highest BCUT2D eigenvalue weighted by atomic mass is 32.2. The topological polar surface area (TPSA) is 63.2 Å². The lowest BCUT2D eigenvalue weighted by Crippen LogP contribution is -2.30. The van der Waals surface area contributed by atoms with Gasteiger partial charge in [0, 0.05) is 6.42 Å². The van der Waals surface area contributed by atoms with Crippen LogP contribution in [0.4, 0.5) is 13.2 Å². The summed E-state index contributed by atoms with van der Waals surface area (Å²) in [7, 11) is -4.17. The third kappa shape index (κ3) is 5.22. The largest absolute Gasteiger partial charge is 0.416 e. The standard InChI is InChI=1S/C13H14F3NO3S/c1-9(2)3-8-12(18)17-21(19,20)11-6-4-10(5-7-11)13(14,15)16/h4-7H,1,3,8H2,2H3,(H,17,18). The van der Waals surface area contributed by atoms with Gasteiger partial charge in [-0.05, 0) is 37.6 Å². The van der Waals surface area contributed by atoms with Crippen LogP contribution in [-0.2, 0) is 21.0 Å². The van der Waals surface area contributed by atoms with Crippen molar-refractivity contribution in [3.8, 4) is 0 Å². The third-order valence-corrected chi connectivity index (χ3v) is 3.91. The molecule has 1 rings (SSSR count). The van der Waals surface area contributed by atoms with Crippen molar-refractivity contribution in [1.29, 1.82) is 0 Å². The molecular weight excluding hydrogens is 307 g/mol. The smallest absolute Gasteiger partial charge is 0.274 e. The first-order chi connectivity index (χ1) is 9.52. The molecule has 21 heavy (non-hydrogen) atoms.